The third kappa shape index (κ3) is 12.4. The van der Waals surface area contributed by atoms with E-state index in [0.29, 0.717) is 6.04 Å². The SMILES string of the molecule is CCCCCC(C)N.[Ar]. The Morgan fingerprint density at radius 1 is 1.33 bits per heavy atom. The van der Waals surface area contributed by atoms with Crippen LogP contribution < -0.4 is 5.73 Å². The van der Waals surface area contributed by atoms with Crippen LogP contribution >= 0.6 is 0 Å². The summed E-state index contributed by atoms with van der Waals surface area (Å²) in [6.07, 6.45) is 5.12. The minimum absolute atomic E-state index is 0. The molecule has 0 aliphatic carbocycles. The largest absolute Gasteiger partial charge is 0.328 e. The maximum atomic E-state index is 5.53. The molecule has 0 fully saturated rings. The van der Waals surface area contributed by atoms with Gasteiger partial charge >= 0.3 is 0 Å². The Bertz CT molecular complexity index is 46.2. The summed E-state index contributed by atoms with van der Waals surface area (Å²) in [5, 5.41) is 0. The standard InChI is InChI=1S/C7H17N.Ar/c1-3-4-5-6-7(2)8;/h7H,3-6,8H2,1-2H3;. The summed E-state index contributed by atoms with van der Waals surface area (Å²) in [6, 6.07) is 0.404. The van der Waals surface area contributed by atoms with Gasteiger partial charge in [-0.3, -0.25) is 0 Å². The van der Waals surface area contributed by atoms with E-state index in [1.807, 2.05) is 0 Å². The average Bonchev–Trinajstić information content (AvgIpc) is 1.66. The van der Waals surface area contributed by atoms with Gasteiger partial charge in [0.15, 0.2) is 0 Å². The molecule has 0 radical (unpaired) electrons. The van der Waals surface area contributed by atoms with E-state index in [1.165, 1.54) is 25.7 Å². The van der Waals surface area contributed by atoms with Gasteiger partial charge in [-0.2, -0.15) is 0 Å². The van der Waals surface area contributed by atoms with Crippen LogP contribution in [0.1, 0.15) is 39.5 Å². The van der Waals surface area contributed by atoms with Gasteiger partial charge in [0, 0.05) is 43.8 Å². The first kappa shape index (κ1) is 12.9. The van der Waals surface area contributed by atoms with E-state index in [-0.39, 0.29) is 37.7 Å². The smallest absolute Gasteiger partial charge is 0.00104 e. The Morgan fingerprint density at radius 2 is 1.89 bits per heavy atom. The minimum atomic E-state index is 0. The molecule has 58 valence electrons. The van der Waals surface area contributed by atoms with Crippen molar-refractivity contribution >= 4 is 0 Å². The Kier molecular flexibility index (Phi) is 13.2. The first-order valence-corrected chi connectivity index (χ1v) is 3.53. The molecule has 0 spiro atoms. The van der Waals surface area contributed by atoms with E-state index >= 15 is 0 Å². The summed E-state index contributed by atoms with van der Waals surface area (Å²) in [7, 11) is 0. The monoisotopic (exact) mass is 155 g/mol. The van der Waals surface area contributed by atoms with Gasteiger partial charge in [0.1, 0.15) is 0 Å². The summed E-state index contributed by atoms with van der Waals surface area (Å²) in [4.78, 5) is 0. The van der Waals surface area contributed by atoms with Gasteiger partial charge in [-0.15, -0.1) is 0 Å². The zero-order valence-corrected chi connectivity index (χ0v) is 7.04. The van der Waals surface area contributed by atoms with Crippen LogP contribution in [0.4, 0.5) is 0 Å². The zero-order valence-electron chi connectivity index (χ0n) is 6.34. The second kappa shape index (κ2) is 9.22. The minimum Gasteiger partial charge on any atom is -0.328 e. The van der Waals surface area contributed by atoms with Crippen LogP contribution in [0.5, 0.6) is 0 Å². The predicted molar refractivity (Wildman–Crippen MR) is 37.8 cm³/mol. The molecule has 0 saturated heterocycles. The van der Waals surface area contributed by atoms with Crippen molar-refractivity contribution in [3.63, 3.8) is 0 Å². The zero-order chi connectivity index (χ0) is 6.41. The third-order valence-corrected chi connectivity index (χ3v) is 1.26. The normalized spacial score (nSPS) is 12.3. The van der Waals surface area contributed by atoms with E-state index < -0.39 is 0 Å². The van der Waals surface area contributed by atoms with Crippen molar-refractivity contribution in [3.05, 3.63) is 0 Å². The molecule has 0 amide bonds. The van der Waals surface area contributed by atoms with Crippen molar-refractivity contribution in [1.29, 1.82) is 0 Å². The maximum absolute atomic E-state index is 5.53. The third-order valence-electron chi connectivity index (χ3n) is 1.26. The Labute approximate surface area is 88.4 Å². The molecule has 1 atom stereocenters. The van der Waals surface area contributed by atoms with Gasteiger partial charge in [0.25, 0.3) is 0 Å². The maximum Gasteiger partial charge on any atom is 0.00104 e. The van der Waals surface area contributed by atoms with Crippen LogP contribution in [0, 0.1) is 37.7 Å². The molecule has 0 rings (SSSR count). The van der Waals surface area contributed by atoms with E-state index in [2.05, 4.69) is 13.8 Å². The molecule has 0 heterocycles. The predicted octanol–water partition coefficient (Wildman–Crippen LogP) is 1.91. The first-order chi connectivity index (χ1) is 3.77. The van der Waals surface area contributed by atoms with Gasteiger partial charge < -0.3 is 5.73 Å². The van der Waals surface area contributed by atoms with E-state index in [9.17, 15) is 0 Å². The van der Waals surface area contributed by atoms with Crippen LogP contribution in [0.2, 0.25) is 0 Å². The van der Waals surface area contributed by atoms with E-state index in [1.54, 1.807) is 0 Å². The first-order valence-electron chi connectivity index (χ1n) is 3.53. The van der Waals surface area contributed by atoms with Gasteiger partial charge in [-0.1, -0.05) is 26.2 Å². The van der Waals surface area contributed by atoms with Crippen molar-refractivity contribution in [2.75, 3.05) is 0 Å². The molecule has 0 aliphatic heterocycles. The molecule has 0 aliphatic rings. The molecule has 1 unspecified atom stereocenters. The van der Waals surface area contributed by atoms with Gasteiger partial charge in [-0.05, 0) is 13.3 Å². The summed E-state index contributed by atoms with van der Waals surface area (Å²) < 4.78 is 0. The van der Waals surface area contributed by atoms with Gasteiger partial charge in [0.2, 0.25) is 0 Å². The number of hydrogen-bond donors (Lipinski definition) is 1. The van der Waals surface area contributed by atoms with Crippen molar-refractivity contribution in [2.45, 2.75) is 45.6 Å². The average molecular weight is 155 g/mol. The van der Waals surface area contributed by atoms with Crippen molar-refractivity contribution in [2.24, 2.45) is 5.73 Å². The van der Waals surface area contributed by atoms with Crippen molar-refractivity contribution in [1.82, 2.24) is 0 Å². The van der Waals surface area contributed by atoms with Gasteiger partial charge in [0.05, 0.1) is 0 Å². The number of rotatable bonds is 4. The molecular formula is C7H17ArN. The fraction of sp³-hybridized carbons (Fsp3) is 1.00. The number of nitrogens with two attached hydrogens (primary N) is 1. The summed E-state index contributed by atoms with van der Waals surface area (Å²) >= 11 is 0. The molecule has 1 nitrogen and oxygen atoms in total. The van der Waals surface area contributed by atoms with E-state index in [0.717, 1.165) is 0 Å². The van der Waals surface area contributed by atoms with Gasteiger partial charge in [-0.25, -0.2) is 0 Å². The summed E-state index contributed by atoms with van der Waals surface area (Å²) in [5.74, 6) is 0. The summed E-state index contributed by atoms with van der Waals surface area (Å²) in [6.45, 7) is 4.27. The molecule has 2 N–H and O–H groups in total. The second-order valence-electron chi connectivity index (χ2n) is 2.47. The Balaban J connectivity index is 0. The Hall–Kier alpha value is 1.22. The Morgan fingerprint density at radius 3 is 2.22 bits per heavy atom. The quantitative estimate of drug-likeness (QED) is 0.616. The summed E-state index contributed by atoms with van der Waals surface area (Å²) in [5.41, 5.74) is 5.53. The van der Waals surface area contributed by atoms with Crippen LogP contribution in [0.15, 0.2) is 0 Å². The number of hydrogen-bond acceptors (Lipinski definition) is 1. The fourth-order valence-electron chi connectivity index (χ4n) is 0.716. The molecular weight excluding hydrogens is 138 g/mol. The van der Waals surface area contributed by atoms with Crippen LogP contribution in [-0.4, -0.2) is 6.04 Å². The second-order valence-corrected chi connectivity index (χ2v) is 2.47. The topological polar surface area (TPSA) is 26.0 Å². The molecule has 0 aromatic carbocycles. The molecule has 2 heteroatoms. The molecule has 0 aromatic heterocycles. The van der Waals surface area contributed by atoms with Crippen LogP contribution in [0.3, 0.4) is 0 Å². The molecule has 0 aromatic rings. The molecule has 9 heavy (non-hydrogen) atoms. The van der Waals surface area contributed by atoms with E-state index in [4.69, 9.17) is 5.73 Å². The van der Waals surface area contributed by atoms with Crippen molar-refractivity contribution in [3.8, 4) is 0 Å². The number of unbranched alkanes of at least 4 members (excludes halogenated alkanes) is 2. The molecule has 0 bridgehead atoms. The fourth-order valence-corrected chi connectivity index (χ4v) is 0.716. The molecule has 0 saturated carbocycles. The van der Waals surface area contributed by atoms with Crippen molar-refractivity contribution < 1.29 is 37.7 Å². The van der Waals surface area contributed by atoms with Crippen LogP contribution in [-0.2, 0) is 0 Å². The van der Waals surface area contributed by atoms with Crippen LogP contribution in [0.25, 0.3) is 0 Å².